The van der Waals surface area contributed by atoms with E-state index < -0.39 is 0 Å². The van der Waals surface area contributed by atoms with Gasteiger partial charge >= 0.3 is 0 Å². The molecule has 2 nitrogen and oxygen atoms in total. The fourth-order valence-corrected chi connectivity index (χ4v) is 1.14. The summed E-state index contributed by atoms with van der Waals surface area (Å²) in [4.78, 5) is 6.32. The van der Waals surface area contributed by atoms with Crippen LogP contribution in [0.1, 0.15) is 5.56 Å². The smallest absolute Gasteiger partial charge is 0.106 e. The lowest BCUT2D eigenvalue weighted by molar-refractivity contribution is 0.413. The van der Waals surface area contributed by atoms with Crippen molar-refractivity contribution in [3.05, 3.63) is 28.5 Å². The fraction of sp³-hybridized carbons (Fsp3) is 0.444. The first kappa shape index (κ1) is 9.68. The van der Waals surface area contributed by atoms with E-state index in [9.17, 15) is 0 Å². The minimum absolute atomic E-state index is 0.899. The normalized spacial score (nSPS) is 10.7. The van der Waals surface area contributed by atoms with Crippen molar-refractivity contribution in [2.75, 3.05) is 20.6 Å². The number of halogens is 1. The maximum absolute atomic E-state index is 4.16. The Labute approximate surface area is 81.7 Å². The second kappa shape index (κ2) is 4.58. The molecule has 3 heteroatoms. The maximum Gasteiger partial charge on any atom is 0.106 e. The van der Waals surface area contributed by atoms with Gasteiger partial charge in [0.15, 0.2) is 0 Å². The molecule has 1 aromatic rings. The summed E-state index contributed by atoms with van der Waals surface area (Å²) in [6.45, 7) is 1.07. The Hall–Kier alpha value is -0.410. The van der Waals surface area contributed by atoms with Crippen LogP contribution in [-0.4, -0.2) is 30.5 Å². The zero-order valence-electron chi connectivity index (χ0n) is 7.42. The lowest BCUT2D eigenvalue weighted by Crippen LogP contribution is -2.15. The van der Waals surface area contributed by atoms with Crippen molar-refractivity contribution in [1.29, 1.82) is 0 Å². The van der Waals surface area contributed by atoms with Crippen molar-refractivity contribution in [3.63, 3.8) is 0 Å². The number of hydrogen-bond acceptors (Lipinski definition) is 2. The molecule has 0 atom stereocenters. The molecule has 12 heavy (non-hydrogen) atoms. The lowest BCUT2D eigenvalue weighted by Gasteiger charge is -2.08. The molecule has 0 aliphatic heterocycles. The summed E-state index contributed by atoms with van der Waals surface area (Å²) in [5, 5.41) is 0. The Morgan fingerprint density at radius 1 is 1.42 bits per heavy atom. The van der Waals surface area contributed by atoms with Crippen molar-refractivity contribution in [2.45, 2.75) is 6.42 Å². The molecule has 0 aliphatic carbocycles. The molecule has 0 amide bonds. The van der Waals surface area contributed by atoms with E-state index in [1.54, 1.807) is 0 Å². The number of aromatic nitrogens is 1. The van der Waals surface area contributed by atoms with Crippen molar-refractivity contribution in [1.82, 2.24) is 9.88 Å². The number of likely N-dealkylation sites (N-methyl/N-ethyl adjacent to an activating group) is 1. The van der Waals surface area contributed by atoms with Crippen LogP contribution in [0.2, 0.25) is 0 Å². The SMILES string of the molecule is CN(C)CCc1ccc(Br)nc1. The molecule has 0 fully saturated rings. The van der Waals surface area contributed by atoms with Gasteiger partial charge in [-0.3, -0.25) is 0 Å². The van der Waals surface area contributed by atoms with Crippen molar-refractivity contribution < 1.29 is 0 Å². The van der Waals surface area contributed by atoms with Crippen LogP contribution in [0.15, 0.2) is 22.9 Å². The first-order valence-electron chi connectivity index (χ1n) is 3.93. The number of nitrogens with zero attached hydrogens (tertiary/aromatic N) is 2. The lowest BCUT2D eigenvalue weighted by atomic mass is 10.2. The highest BCUT2D eigenvalue weighted by molar-refractivity contribution is 9.10. The van der Waals surface area contributed by atoms with Gasteiger partial charge in [-0.1, -0.05) is 6.07 Å². The van der Waals surface area contributed by atoms with Gasteiger partial charge in [0.05, 0.1) is 0 Å². The van der Waals surface area contributed by atoms with E-state index in [-0.39, 0.29) is 0 Å². The molecule has 0 radical (unpaired) electrons. The van der Waals surface area contributed by atoms with Gasteiger partial charge in [0.2, 0.25) is 0 Å². The van der Waals surface area contributed by atoms with Crippen LogP contribution in [-0.2, 0) is 6.42 Å². The molecule has 0 spiro atoms. The van der Waals surface area contributed by atoms with Crippen LogP contribution in [0.3, 0.4) is 0 Å². The largest absolute Gasteiger partial charge is 0.309 e. The summed E-state index contributed by atoms with van der Waals surface area (Å²) in [6, 6.07) is 4.07. The van der Waals surface area contributed by atoms with Crippen LogP contribution in [0, 0.1) is 0 Å². The molecule has 66 valence electrons. The van der Waals surface area contributed by atoms with Crippen LogP contribution in [0.25, 0.3) is 0 Å². The fourth-order valence-electron chi connectivity index (χ4n) is 0.907. The maximum atomic E-state index is 4.16. The van der Waals surface area contributed by atoms with E-state index in [0.717, 1.165) is 17.6 Å². The van der Waals surface area contributed by atoms with Crippen LogP contribution in [0.4, 0.5) is 0 Å². The van der Waals surface area contributed by atoms with E-state index >= 15 is 0 Å². The van der Waals surface area contributed by atoms with Crippen molar-refractivity contribution >= 4 is 15.9 Å². The third-order valence-corrected chi connectivity index (χ3v) is 2.11. The molecule has 0 bridgehead atoms. The van der Waals surface area contributed by atoms with Gasteiger partial charge in [0.25, 0.3) is 0 Å². The van der Waals surface area contributed by atoms with Gasteiger partial charge in [0.1, 0.15) is 4.60 Å². The predicted molar refractivity (Wildman–Crippen MR) is 54.2 cm³/mol. The molecular weight excluding hydrogens is 216 g/mol. The second-order valence-electron chi connectivity index (χ2n) is 3.04. The van der Waals surface area contributed by atoms with E-state index in [4.69, 9.17) is 0 Å². The Kier molecular flexibility index (Phi) is 3.69. The zero-order chi connectivity index (χ0) is 8.97. The monoisotopic (exact) mass is 228 g/mol. The van der Waals surface area contributed by atoms with E-state index in [1.165, 1.54) is 5.56 Å². The summed E-state index contributed by atoms with van der Waals surface area (Å²) < 4.78 is 0.899. The van der Waals surface area contributed by atoms with Crippen LogP contribution >= 0.6 is 15.9 Å². The molecule has 0 unspecified atom stereocenters. The predicted octanol–water partition coefficient (Wildman–Crippen LogP) is 1.95. The van der Waals surface area contributed by atoms with Gasteiger partial charge in [-0.25, -0.2) is 4.98 Å². The van der Waals surface area contributed by atoms with E-state index in [2.05, 4.69) is 46.0 Å². The first-order valence-corrected chi connectivity index (χ1v) is 4.73. The van der Waals surface area contributed by atoms with Gasteiger partial charge in [-0.2, -0.15) is 0 Å². The molecular formula is C9H13BrN2. The summed E-state index contributed by atoms with van der Waals surface area (Å²) in [7, 11) is 4.15. The van der Waals surface area contributed by atoms with Crippen molar-refractivity contribution in [3.8, 4) is 0 Å². The highest BCUT2D eigenvalue weighted by Gasteiger charge is 1.94. The van der Waals surface area contributed by atoms with Gasteiger partial charge in [-0.05, 0) is 48.1 Å². The minimum atomic E-state index is 0.899. The van der Waals surface area contributed by atoms with Gasteiger partial charge in [-0.15, -0.1) is 0 Å². The molecule has 1 heterocycles. The van der Waals surface area contributed by atoms with Gasteiger partial charge < -0.3 is 4.90 Å². The molecule has 0 aromatic carbocycles. The average Bonchev–Trinajstić information content (AvgIpc) is 2.03. The standard InChI is InChI=1S/C9H13BrN2/c1-12(2)6-5-8-3-4-9(10)11-7-8/h3-4,7H,5-6H2,1-2H3. The Bertz CT molecular complexity index is 231. The molecule has 0 N–H and O–H groups in total. The summed E-state index contributed by atoms with van der Waals surface area (Å²) >= 11 is 3.30. The Morgan fingerprint density at radius 3 is 2.67 bits per heavy atom. The average molecular weight is 229 g/mol. The topological polar surface area (TPSA) is 16.1 Å². The number of rotatable bonds is 3. The first-order chi connectivity index (χ1) is 5.68. The summed E-state index contributed by atoms with van der Waals surface area (Å²) in [5.41, 5.74) is 1.28. The van der Waals surface area contributed by atoms with E-state index in [0.29, 0.717) is 0 Å². The Morgan fingerprint density at radius 2 is 2.17 bits per heavy atom. The Balaban J connectivity index is 2.48. The van der Waals surface area contributed by atoms with Crippen LogP contribution in [0.5, 0.6) is 0 Å². The highest BCUT2D eigenvalue weighted by atomic mass is 79.9. The van der Waals surface area contributed by atoms with Crippen LogP contribution < -0.4 is 0 Å². The number of hydrogen-bond donors (Lipinski definition) is 0. The van der Waals surface area contributed by atoms with Crippen molar-refractivity contribution in [2.24, 2.45) is 0 Å². The number of pyridine rings is 1. The minimum Gasteiger partial charge on any atom is -0.309 e. The zero-order valence-corrected chi connectivity index (χ0v) is 9.00. The molecule has 0 saturated heterocycles. The molecule has 0 aliphatic rings. The third-order valence-electron chi connectivity index (χ3n) is 1.64. The summed E-state index contributed by atoms with van der Waals surface area (Å²) in [6.07, 6.45) is 2.97. The van der Waals surface area contributed by atoms with E-state index in [1.807, 2.05) is 12.3 Å². The highest BCUT2D eigenvalue weighted by Crippen LogP contribution is 2.06. The quantitative estimate of drug-likeness (QED) is 0.736. The summed E-state index contributed by atoms with van der Waals surface area (Å²) in [5.74, 6) is 0. The molecule has 0 saturated carbocycles. The second-order valence-corrected chi connectivity index (χ2v) is 3.85. The third kappa shape index (κ3) is 3.32. The molecule has 1 aromatic heterocycles. The molecule has 1 rings (SSSR count). The van der Waals surface area contributed by atoms with Gasteiger partial charge in [0, 0.05) is 12.7 Å².